The Hall–Kier alpha value is -3.15. The molecule has 1 atom stereocenters. The van der Waals surface area contributed by atoms with E-state index in [0.717, 1.165) is 30.6 Å². The predicted octanol–water partition coefficient (Wildman–Crippen LogP) is 4.72. The second-order valence-electron chi connectivity index (χ2n) is 10.4. The van der Waals surface area contributed by atoms with Gasteiger partial charge in [-0.25, -0.2) is 0 Å². The molecule has 0 aliphatic carbocycles. The summed E-state index contributed by atoms with van der Waals surface area (Å²) in [5.74, 6) is 0.103. The molecular weight excluding hydrogens is 460 g/mol. The number of benzene rings is 3. The zero-order valence-corrected chi connectivity index (χ0v) is 23.6. The highest BCUT2D eigenvalue weighted by Gasteiger charge is 2.59. The van der Waals surface area contributed by atoms with Crippen LogP contribution in [0.2, 0.25) is 6.04 Å². The van der Waals surface area contributed by atoms with Gasteiger partial charge in [0.25, 0.3) is 0 Å². The number of anilines is 1. The van der Waals surface area contributed by atoms with Crippen molar-refractivity contribution < 1.29 is 9.53 Å². The van der Waals surface area contributed by atoms with Gasteiger partial charge in [-0.1, -0.05) is 92.7 Å². The normalized spacial score (nSPS) is 20.0. The highest BCUT2D eigenvalue weighted by molar-refractivity contribution is 6.08. The summed E-state index contributed by atoms with van der Waals surface area (Å²) in [7, 11) is 1.19. The third-order valence-corrected chi connectivity index (χ3v) is 8.40. The monoisotopic (exact) mass is 496 g/mol. The summed E-state index contributed by atoms with van der Waals surface area (Å²) in [6, 6.07) is 26.8. The molecule has 0 spiro atoms. The quantitative estimate of drug-likeness (QED) is 0.362. The first kappa shape index (κ1) is 24.5. The Morgan fingerprint density at radius 3 is 2.56 bits per heavy atom. The lowest BCUT2D eigenvalue weighted by Gasteiger charge is -2.39. The fraction of sp³-hybridized carbons (Fsp3) is 0.323. The van der Waals surface area contributed by atoms with E-state index < -0.39 is 5.72 Å². The number of rotatable bonds is 8. The maximum atomic E-state index is 12.4. The van der Waals surface area contributed by atoms with Crippen molar-refractivity contribution in [3.05, 3.63) is 95.6 Å². The van der Waals surface area contributed by atoms with Crippen LogP contribution in [0.15, 0.2) is 78.9 Å². The molecule has 1 amide bonds. The van der Waals surface area contributed by atoms with Crippen LogP contribution < -0.4 is 10.2 Å². The molecule has 4 nitrogen and oxygen atoms in total. The number of nitrogens with zero attached hydrogens (tertiary/aromatic N) is 1. The summed E-state index contributed by atoms with van der Waals surface area (Å²) in [5, 5.41) is 3.06. The van der Waals surface area contributed by atoms with Crippen molar-refractivity contribution in [3.63, 3.8) is 0 Å². The minimum atomic E-state index is -0.542. The lowest BCUT2D eigenvalue weighted by molar-refractivity contribution is -0.120. The number of hydrogen-bond donors (Lipinski definition) is 1. The zero-order valence-electron chi connectivity index (χ0n) is 21.6. The molecule has 1 N–H and O–H groups in total. The Morgan fingerprint density at radius 1 is 1.06 bits per heavy atom. The molecule has 1 saturated heterocycles. The molecule has 3 aromatic rings. The molecule has 0 radical (unpaired) electrons. The fourth-order valence-corrected chi connectivity index (χ4v) is 5.95. The minimum absolute atomic E-state index is 0.103. The molecule has 2 aliphatic heterocycles. The second kappa shape index (κ2) is 10.1. The summed E-state index contributed by atoms with van der Waals surface area (Å²) < 4.78 is 6.53. The van der Waals surface area contributed by atoms with E-state index in [2.05, 4.69) is 103 Å². The van der Waals surface area contributed by atoms with Crippen LogP contribution in [0, 0.1) is 0 Å². The Kier molecular flexibility index (Phi) is 6.87. The molecule has 0 aromatic heterocycles. The third kappa shape index (κ3) is 4.42. The number of nitrogens with one attached hydrogen (secondary N) is 1. The van der Waals surface area contributed by atoms with Crippen LogP contribution in [-0.2, 0) is 21.4 Å². The van der Waals surface area contributed by atoms with Crippen molar-refractivity contribution in [2.75, 3.05) is 24.6 Å². The Bertz CT molecular complexity index is 1250. The minimum Gasteiger partial charge on any atom is -0.356 e. The molecule has 5 heteroatoms. The van der Waals surface area contributed by atoms with Crippen molar-refractivity contribution in [2.45, 2.75) is 43.9 Å². The van der Waals surface area contributed by atoms with E-state index in [1.807, 2.05) is 6.07 Å². The van der Waals surface area contributed by atoms with Crippen LogP contribution in [0.25, 0.3) is 17.2 Å². The Balaban J connectivity index is 1.38. The van der Waals surface area contributed by atoms with E-state index >= 15 is 0 Å². The third-order valence-electron chi connectivity index (χ3n) is 7.70. The highest BCUT2D eigenvalue weighted by Crippen LogP contribution is 2.55. The van der Waals surface area contributed by atoms with Crippen LogP contribution >= 0.6 is 0 Å². The van der Waals surface area contributed by atoms with Crippen molar-refractivity contribution in [2.24, 2.45) is 0 Å². The van der Waals surface area contributed by atoms with E-state index in [9.17, 15) is 4.79 Å². The average Bonchev–Trinajstić information content (AvgIpc) is 3.40. The average molecular weight is 497 g/mol. The van der Waals surface area contributed by atoms with E-state index in [4.69, 9.17) is 4.74 Å². The molecule has 36 heavy (non-hydrogen) atoms. The summed E-state index contributed by atoms with van der Waals surface area (Å²) >= 11 is 0. The number of fused-ring (bicyclic) bond motifs is 3. The van der Waals surface area contributed by atoms with Gasteiger partial charge in [0, 0.05) is 34.4 Å². The van der Waals surface area contributed by atoms with Gasteiger partial charge in [0.05, 0.1) is 13.0 Å². The second-order valence-corrected chi connectivity index (χ2v) is 11.4. The van der Waals surface area contributed by atoms with Gasteiger partial charge < -0.3 is 15.0 Å². The summed E-state index contributed by atoms with van der Waals surface area (Å²) in [5.41, 5.74) is 6.29. The Labute approximate surface area is 217 Å². The van der Waals surface area contributed by atoms with Crippen LogP contribution in [-0.4, -0.2) is 41.6 Å². The predicted molar refractivity (Wildman–Crippen MR) is 152 cm³/mol. The smallest absolute Gasteiger partial charge is 0.224 e. The van der Waals surface area contributed by atoms with Gasteiger partial charge in [-0.15, -0.1) is 0 Å². The first-order valence-electron chi connectivity index (χ1n) is 13.1. The molecule has 0 saturated carbocycles. The lowest BCUT2D eigenvalue weighted by Crippen LogP contribution is -2.51. The maximum Gasteiger partial charge on any atom is 0.224 e. The van der Waals surface area contributed by atoms with Crippen LogP contribution in [0.1, 0.15) is 37.0 Å². The molecule has 0 bridgehead atoms. The molecule has 2 heterocycles. The van der Waals surface area contributed by atoms with Gasteiger partial charge in [0.2, 0.25) is 5.91 Å². The van der Waals surface area contributed by atoms with Crippen molar-refractivity contribution in [1.29, 1.82) is 0 Å². The summed E-state index contributed by atoms with van der Waals surface area (Å²) in [4.78, 5) is 14.8. The van der Waals surface area contributed by atoms with Gasteiger partial charge >= 0.3 is 0 Å². The van der Waals surface area contributed by atoms with E-state index in [1.165, 1.54) is 38.7 Å². The van der Waals surface area contributed by atoms with Crippen molar-refractivity contribution in [1.82, 2.24) is 5.32 Å². The fourth-order valence-electron chi connectivity index (χ4n) is 5.60. The summed E-state index contributed by atoms with van der Waals surface area (Å²) in [6.07, 6.45) is 5.91. The van der Waals surface area contributed by atoms with Gasteiger partial charge in [-0.2, -0.15) is 0 Å². The molecule has 3 aromatic carbocycles. The van der Waals surface area contributed by atoms with Crippen LogP contribution in [0.3, 0.4) is 0 Å². The van der Waals surface area contributed by atoms with E-state index in [0.29, 0.717) is 13.0 Å². The van der Waals surface area contributed by atoms with Crippen LogP contribution in [0.4, 0.5) is 5.69 Å². The van der Waals surface area contributed by atoms with Gasteiger partial charge in [0.15, 0.2) is 5.72 Å². The number of amides is 1. The molecule has 186 valence electrons. The number of ether oxygens (including phenoxy) is 1. The van der Waals surface area contributed by atoms with E-state index in [-0.39, 0.29) is 11.3 Å². The summed E-state index contributed by atoms with van der Waals surface area (Å²) in [6.45, 7) is 6.85. The molecule has 1 fully saturated rings. The largest absolute Gasteiger partial charge is 0.356 e. The van der Waals surface area contributed by atoms with E-state index in [1.54, 1.807) is 0 Å². The lowest BCUT2D eigenvalue weighted by atomic mass is 9.76. The SMILES string of the molecule is CC1(C)c2cc(CC(=O)NCCC[SiH3])ccc2N2CCOC21/C=C/c1ccc(-c2ccccc2)cc1. The van der Waals surface area contributed by atoms with Gasteiger partial charge in [-0.3, -0.25) is 4.79 Å². The van der Waals surface area contributed by atoms with Crippen molar-refractivity contribution >= 4 is 27.9 Å². The first-order chi connectivity index (χ1) is 17.4. The molecule has 2 aliphatic rings. The standard InChI is InChI=1S/C31H36N2O2Si/c1-30(2)27-21-24(22-29(34)32-17-6-20-36)11-14-28(27)33-18-19-35-31(30,33)16-15-23-9-12-26(13-10-23)25-7-4-3-5-8-25/h3-5,7-16,21H,6,17-20,22H2,1-2,36H3,(H,32,34)/b16-15+. The highest BCUT2D eigenvalue weighted by atomic mass is 28.1. The first-order valence-corrected chi connectivity index (χ1v) is 14.5. The molecular formula is C31H36N2O2Si. The van der Waals surface area contributed by atoms with Gasteiger partial charge in [0.1, 0.15) is 0 Å². The van der Waals surface area contributed by atoms with Crippen LogP contribution in [0.5, 0.6) is 0 Å². The zero-order chi connectivity index (χ0) is 25.2. The van der Waals surface area contributed by atoms with Gasteiger partial charge in [-0.05, 0) is 46.4 Å². The van der Waals surface area contributed by atoms with Crippen molar-refractivity contribution in [3.8, 4) is 11.1 Å². The maximum absolute atomic E-state index is 12.4. The topological polar surface area (TPSA) is 41.6 Å². The molecule has 1 unspecified atom stereocenters. The Morgan fingerprint density at radius 2 is 1.81 bits per heavy atom. The number of carbonyl (C=O) groups is 1. The molecule has 5 rings (SSSR count). The number of hydrogen-bond acceptors (Lipinski definition) is 3. The number of carbonyl (C=O) groups excluding carboxylic acids is 1.